The number of ether oxygens (including phenoxy) is 2. The molecule has 1 aliphatic rings. The van der Waals surface area contributed by atoms with Gasteiger partial charge in [-0.1, -0.05) is 12.1 Å². The molecule has 1 aliphatic heterocycles. The minimum absolute atomic E-state index is 0.302. The van der Waals surface area contributed by atoms with E-state index < -0.39 is 0 Å². The lowest BCUT2D eigenvalue weighted by molar-refractivity contribution is -0.138. The fourth-order valence-electron chi connectivity index (χ4n) is 2.26. The molecule has 22 heavy (non-hydrogen) atoms. The van der Waals surface area contributed by atoms with Gasteiger partial charge in [-0.2, -0.15) is 0 Å². The van der Waals surface area contributed by atoms with Gasteiger partial charge in [0.15, 0.2) is 0 Å². The van der Waals surface area contributed by atoms with Gasteiger partial charge in [0, 0.05) is 38.8 Å². The van der Waals surface area contributed by atoms with Gasteiger partial charge in [0.2, 0.25) is 0 Å². The van der Waals surface area contributed by atoms with Crippen molar-refractivity contribution in [3.63, 3.8) is 0 Å². The minimum Gasteiger partial charge on any atom is -0.494 e. The van der Waals surface area contributed by atoms with Gasteiger partial charge in [-0.25, -0.2) is 4.79 Å². The largest absolute Gasteiger partial charge is 0.494 e. The van der Waals surface area contributed by atoms with E-state index in [1.54, 1.807) is 6.08 Å². The number of hydrogen-bond acceptors (Lipinski definition) is 5. The van der Waals surface area contributed by atoms with Crippen LogP contribution in [0.25, 0.3) is 6.08 Å². The Balaban J connectivity index is 1.69. The third-order valence-corrected chi connectivity index (χ3v) is 3.46. The van der Waals surface area contributed by atoms with Gasteiger partial charge in [0.1, 0.15) is 12.4 Å². The van der Waals surface area contributed by atoms with E-state index in [2.05, 4.69) is 10.2 Å². The number of benzene rings is 1. The molecule has 0 unspecified atom stereocenters. The number of carbonyl (C=O) groups excluding carboxylic acids is 1. The second kappa shape index (κ2) is 9.23. The van der Waals surface area contributed by atoms with Crippen molar-refractivity contribution >= 4 is 12.0 Å². The van der Waals surface area contributed by atoms with E-state index in [9.17, 15) is 4.79 Å². The van der Waals surface area contributed by atoms with E-state index in [4.69, 9.17) is 9.47 Å². The molecule has 0 radical (unpaired) electrons. The van der Waals surface area contributed by atoms with Crippen molar-refractivity contribution in [1.82, 2.24) is 10.2 Å². The zero-order valence-corrected chi connectivity index (χ0v) is 13.1. The fraction of sp³-hybridized carbons (Fsp3) is 0.471. The van der Waals surface area contributed by atoms with Crippen molar-refractivity contribution in [2.75, 3.05) is 45.9 Å². The second-order valence-electron chi connectivity index (χ2n) is 5.09. The van der Waals surface area contributed by atoms with Crippen molar-refractivity contribution in [2.45, 2.75) is 6.92 Å². The van der Waals surface area contributed by atoms with E-state index >= 15 is 0 Å². The van der Waals surface area contributed by atoms with Crippen LogP contribution in [0.2, 0.25) is 0 Å². The fourth-order valence-corrected chi connectivity index (χ4v) is 2.26. The summed E-state index contributed by atoms with van der Waals surface area (Å²) in [6.45, 7) is 7.87. The summed E-state index contributed by atoms with van der Waals surface area (Å²) in [5, 5.41) is 3.29. The number of rotatable bonds is 7. The van der Waals surface area contributed by atoms with E-state index in [1.165, 1.54) is 6.08 Å². The molecule has 5 nitrogen and oxygen atoms in total. The van der Waals surface area contributed by atoms with Gasteiger partial charge in [-0.05, 0) is 30.7 Å². The molecule has 0 aliphatic carbocycles. The van der Waals surface area contributed by atoms with Crippen LogP contribution in [0.5, 0.6) is 5.75 Å². The van der Waals surface area contributed by atoms with Crippen molar-refractivity contribution in [1.29, 1.82) is 0 Å². The maximum absolute atomic E-state index is 11.7. The lowest BCUT2D eigenvalue weighted by Gasteiger charge is -2.26. The van der Waals surface area contributed by atoms with Crippen LogP contribution >= 0.6 is 0 Å². The van der Waals surface area contributed by atoms with Crippen molar-refractivity contribution in [3.8, 4) is 5.75 Å². The van der Waals surface area contributed by atoms with Gasteiger partial charge in [-0.15, -0.1) is 0 Å². The van der Waals surface area contributed by atoms with E-state index in [0.717, 1.165) is 44.0 Å². The Kier molecular flexibility index (Phi) is 6.93. The van der Waals surface area contributed by atoms with Gasteiger partial charge in [0.05, 0.1) is 6.61 Å². The SMILES string of the molecule is CCOc1ccc(/C=C/C(=O)OCCN2CCNCC2)cc1. The van der Waals surface area contributed by atoms with Gasteiger partial charge in [-0.3, -0.25) is 4.90 Å². The van der Waals surface area contributed by atoms with Crippen molar-refractivity contribution in [2.24, 2.45) is 0 Å². The first-order chi connectivity index (χ1) is 10.8. The highest BCUT2D eigenvalue weighted by atomic mass is 16.5. The summed E-state index contributed by atoms with van der Waals surface area (Å²) in [5.74, 6) is 0.530. The average molecular weight is 304 g/mol. The van der Waals surface area contributed by atoms with E-state index in [-0.39, 0.29) is 5.97 Å². The highest BCUT2D eigenvalue weighted by molar-refractivity contribution is 5.87. The Morgan fingerprint density at radius 3 is 2.68 bits per heavy atom. The summed E-state index contributed by atoms with van der Waals surface area (Å²) >= 11 is 0. The topological polar surface area (TPSA) is 50.8 Å². The van der Waals surface area contributed by atoms with Crippen LogP contribution < -0.4 is 10.1 Å². The van der Waals surface area contributed by atoms with E-state index in [0.29, 0.717) is 13.2 Å². The molecule has 0 atom stereocenters. The average Bonchev–Trinajstić information content (AvgIpc) is 2.55. The molecule has 1 heterocycles. The number of carbonyl (C=O) groups is 1. The Morgan fingerprint density at radius 1 is 1.27 bits per heavy atom. The molecule has 120 valence electrons. The number of esters is 1. The smallest absolute Gasteiger partial charge is 0.330 e. The van der Waals surface area contributed by atoms with Gasteiger partial charge < -0.3 is 14.8 Å². The highest BCUT2D eigenvalue weighted by Crippen LogP contribution is 2.13. The maximum Gasteiger partial charge on any atom is 0.330 e. The monoisotopic (exact) mass is 304 g/mol. The van der Waals surface area contributed by atoms with Crippen LogP contribution in [0.1, 0.15) is 12.5 Å². The molecule has 0 spiro atoms. The molecular formula is C17H24N2O3. The Morgan fingerprint density at radius 2 is 2.00 bits per heavy atom. The standard InChI is InChI=1S/C17H24N2O3/c1-2-21-16-6-3-15(4-7-16)5-8-17(20)22-14-13-19-11-9-18-10-12-19/h3-8,18H,2,9-14H2,1H3/b8-5+. The Hall–Kier alpha value is -1.85. The Bertz CT molecular complexity index is 479. The molecule has 0 saturated carbocycles. The number of piperazine rings is 1. The summed E-state index contributed by atoms with van der Waals surface area (Å²) in [6.07, 6.45) is 3.22. The molecule has 1 fully saturated rings. The summed E-state index contributed by atoms with van der Waals surface area (Å²) < 4.78 is 10.6. The summed E-state index contributed by atoms with van der Waals surface area (Å²) in [6, 6.07) is 7.60. The summed E-state index contributed by atoms with van der Waals surface area (Å²) in [4.78, 5) is 14.0. The summed E-state index contributed by atoms with van der Waals surface area (Å²) in [7, 11) is 0. The predicted octanol–water partition coefficient (Wildman–Crippen LogP) is 1.55. The maximum atomic E-state index is 11.7. The van der Waals surface area contributed by atoms with Crippen LogP contribution in [0.4, 0.5) is 0 Å². The Labute approximate surface area is 131 Å². The number of hydrogen-bond donors (Lipinski definition) is 1. The zero-order valence-electron chi connectivity index (χ0n) is 13.1. The molecule has 1 saturated heterocycles. The zero-order chi connectivity index (χ0) is 15.6. The second-order valence-corrected chi connectivity index (χ2v) is 5.09. The molecule has 0 aromatic heterocycles. The minimum atomic E-state index is -0.302. The lowest BCUT2D eigenvalue weighted by atomic mass is 10.2. The predicted molar refractivity (Wildman–Crippen MR) is 86.9 cm³/mol. The van der Waals surface area contributed by atoms with Gasteiger partial charge >= 0.3 is 5.97 Å². The molecule has 1 aromatic carbocycles. The van der Waals surface area contributed by atoms with Gasteiger partial charge in [0.25, 0.3) is 0 Å². The summed E-state index contributed by atoms with van der Waals surface area (Å²) in [5.41, 5.74) is 0.947. The van der Waals surface area contributed by atoms with E-state index in [1.807, 2.05) is 31.2 Å². The first-order valence-electron chi connectivity index (χ1n) is 7.78. The quantitative estimate of drug-likeness (QED) is 0.612. The number of nitrogens with one attached hydrogen (secondary N) is 1. The molecule has 1 aromatic rings. The lowest BCUT2D eigenvalue weighted by Crippen LogP contribution is -2.44. The van der Waals surface area contributed by atoms with Crippen LogP contribution in [0, 0.1) is 0 Å². The molecule has 2 rings (SSSR count). The van der Waals surface area contributed by atoms with Crippen LogP contribution in [0.3, 0.4) is 0 Å². The first-order valence-corrected chi connectivity index (χ1v) is 7.78. The third kappa shape index (κ3) is 5.87. The van der Waals surface area contributed by atoms with Crippen LogP contribution in [0.15, 0.2) is 30.3 Å². The molecule has 1 N–H and O–H groups in total. The molecule has 0 bridgehead atoms. The molecule has 0 amide bonds. The highest BCUT2D eigenvalue weighted by Gasteiger charge is 2.09. The van der Waals surface area contributed by atoms with Crippen LogP contribution in [-0.4, -0.2) is 56.8 Å². The molecule has 5 heteroatoms. The number of nitrogens with zero attached hydrogens (tertiary/aromatic N) is 1. The van der Waals surface area contributed by atoms with Crippen molar-refractivity contribution < 1.29 is 14.3 Å². The van der Waals surface area contributed by atoms with Crippen molar-refractivity contribution in [3.05, 3.63) is 35.9 Å². The van der Waals surface area contributed by atoms with Crippen LogP contribution in [-0.2, 0) is 9.53 Å². The normalized spacial score (nSPS) is 15.9. The molecular weight excluding hydrogens is 280 g/mol. The first kappa shape index (κ1) is 16.5. The third-order valence-electron chi connectivity index (χ3n) is 3.46.